The van der Waals surface area contributed by atoms with Gasteiger partial charge in [0.15, 0.2) is 0 Å². The van der Waals surface area contributed by atoms with Gasteiger partial charge in [0, 0.05) is 32.4 Å². The molecule has 0 unspecified atom stereocenters. The lowest BCUT2D eigenvalue weighted by Gasteiger charge is -2.14. The van der Waals surface area contributed by atoms with Crippen LogP contribution in [0.2, 0.25) is 0 Å². The van der Waals surface area contributed by atoms with E-state index in [9.17, 15) is 4.79 Å². The third-order valence-corrected chi connectivity index (χ3v) is 5.29. The van der Waals surface area contributed by atoms with Crippen molar-refractivity contribution in [1.82, 2.24) is 20.2 Å². The van der Waals surface area contributed by atoms with Crippen LogP contribution in [-0.2, 0) is 0 Å². The summed E-state index contributed by atoms with van der Waals surface area (Å²) in [4.78, 5) is 24.5. The Morgan fingerprint density at radius 2 is 2.23 bits per heavy atom. The summed E-state index contributed by atoms with van der Waals surface area (Å²) >= 11 is 1.64. The normalized spacial score (nSPS) is 13.9. The van der Waals surface area contributed by atoms with Gasteiger partial charge >= 0.3 is 6.03 Å². The Hall–Kier alpha value is -2.87. The lowest BCUT2D eigenvalue weighted by molar-refractivity contribution is 0.219. The van der Waals surface area contributed by atoms with Crippen LogP contribution in [0, 0.1) is 6.92 Å². The second-order valence-electron chi connectivity index (χ2n) is 6.01. The first-order valence-corrected chi connectivity index (χ1v) is 9.27. The van der Waals surface area contributed by atoms with Crippen molar-refractivity contribution in [2.45, 2.75) is 6.92 Å². The summed E-state index contributed by atoms with van der Waals surface area (Å²) in [6, 6.07) is 7.91. The first kappa shape index (κ1) is 16.6. The van der Waals surface area contributed by atoms with Gasteiger partial charge in [-0.1, -0.05) is 0 Å². The number of carbonyl (C=O) groups is 1. The Balaban J connectivity index is 1.47. The van der Waals surface area contributed by atoms with Gasteiger partial charge in [0.2, 0.25) is 5.95 Å². The Morgan fingerprint density at radius 1 is 1.35 bits per heavy atom. The molecule has 8 heteroatoms. The van der Waals surface area contributed by atoms with Crippen LogP contribution < -0.4 is 10.6 Å². The number of aryl methyl sites for hydroxylation is 1. The van der Waals surface area contributed by atoms with Crippen LogP contribution in [0.15, 0.2) is 41.1 Å². The van der Waals surface area contributed by atoms with Gasteiger partial charge < -0.3 is 20.0 Å². The molecule has 0 atom stereocenters. The molecule has 0 radical (unpaired) electrons. The molecule has 2 N–H and O–H groups in total. The smallest absolute Gasteiger partial charge is 0.317 e. The first-order chi connectivity index (χ1) is 12.7. The van der Waals surface area contributed by atoms with Crippen molar-refractivity contribution < 1.29 is 9.21 Å². The molecule has 134 valence electrons. The van der Waals surface area contributed by atoms with E-state index in [4.69, 9.17) is 4.42 Å². The van der Waals surface area contributed by atoms with Crippen molar-refractivity contribution in [3.05, 3.63) is 42.3 Å². The number of nitrogens with zero attached hydrogens (tertiary/aromatic N) is 3. The van der Waals surface area contributed by atoms with Crippen LogP contribution in [-0.4, -0.2) is 47.1 Å². The molecule has 0 bridgehead atoms. The fourth-order valence-corrected chi connectivity index (χ4v) is 3.85. The van der Waals surface area contributed by atoms with E-state index in [1.807, 2.05) is 31.3 Å². The molecule has 26 heavy (non-hydrogen) atoms. The van der Waals surface area contributed by atoms with Gasteiger partial charge in [-0.15, -0.1) is 11.3 Å². The van der Waals surface area contributed by atoms with Crippen LogP contribution in [0.3, 0.4) is 0 Å². The summed E-state index contributed by atoms with van der Waals surface area (Å²) in [6.45, 7) is 4.68. The minimum Gasteiger partial charge on any atom is -0.464 e. The van der Waals surface area contributed by atoms with Gasteiger partial charge in [-0.25, -0.2) is 14.8 Å². The molecule has 1 fully saturated rings. The number of hydrogen-bond acceptors (Lipinski definition) is 6. The topological polar surface area (TPSA) is 83.3 Å². The Kier molecular flexibility index (Phi) is 4.57. The van der Waals surface area contributed by atoms with Gasteiger partial charge in [-0.3, -0.25) is 0 Å². The largest absolute Gasteiger partial charge is 0.464 e. The zero-order chi connectivity index (χ0) is 17.9. The van der Waals surface area contributed by atoms with E-state index in [2.05, 4.69) is 26.7 Å². The van der Waals surface area contributed by atoms with Crippen LogP contribution >= 0.6 is 11.3 Å². The highest BCUT2D eigenvalue weighted by Crippen LogP contribution is 2.35. The van der Waals surface area contributed by atoms with E-state index in [1.54, 1.807) is 22.5 Å². The molecule has 4 heterocycles. The molecule has 0 aromatic carbocycles. The van der Waals surface area contributed by atoms with Crippen molar-refractivity contribution in [2.24, 2.45) is 0 Å². The summed E-state index contributed by atoms with van der Waals surface area (Å²) in [7, 11) is 0. The summed E-state index contributed by atoms with van der Waals surface area (Å²) in [6.07, 6.45) is 3.49. The number of nitrogens with one attached hydrogen (secondary N) is 2. The van der Waals surface area contributed by atoms with Gasteiger partial charge in [-0.05, 0) is 36.8 Å². The zero-order valence-corrected chi connectivity index (χ0v) is 15.2. The molecule has 0 saturated carbocycles. The molecule has 3 aromatic rings. The average Bonchev–Trinajstić information content (AvgIpc) is 3.38. The van der Waals surface area contributed by atoms with Crippen LogP contribution in [0.4, 0.5) is 10.7 Å². The Morgan fingerprint density at radius 3 is 3.00 bits per heavy atom. The second-order valence-corrected chi connectivity index (χ2v) is 7.10. The van der Waals surface area contributed by atoms with Gasteiger partial charge in [0.1, 0.15) is 5.76 Å². The fourth-order valence-electron chi connectivity index (χ4n) is 2.82. The summed E-state index contributed by atoms with van der Waals surface area (Å²) < 4.78 is 5.46. The fraction of sp³-hybridized carbons (Fsp3) is 0.278. The van der Waals surface area contributed by atoms with Crippen LogP contribution in [0.5, 0.6) is 0 Å². The van der Waals surface area contributed by atoms with Gasteiger partial charge in [-0.2, -0.15) is 0 Å². The van der Waals surface area contributed by atoms with Crippen molar-refractivity contribution in [1.29, 1.82) is 0 Å². The molecule has 1 aliphatic rings. The third-order valence-electron chi connectivity index (χ3n) is 4.19. The second kappa shape index (κ2) is 7.17. The average molecular weight is 369 g/mol. The number of anilines is 1. The van der Waals surface area contributed by atoms with E-state index in [-0.39, 0.29) is 6.03 Å². The zero-order valence-electron chi connectivity index (χ0n) is 14.4. The molecule has 3 aromatic heterocycles. The molecule has 0 spiro atoms. The van der Waals surface area contributed by atoms with Crippen molar-refractivity contribution in [3.8, 4) is 21.2 Å². The highest BCUT2D eigenvalue weighted by Gasteiger charge is 2.18. The minimum absolute atomic E-state index is 0.0126. The van der Waals surface area contributed by atoms with Crippen molar-refractivity contribution in [3.63, 3.8) is 0 Å². The molecule has 1 aliphatic heterocycles. The monoisotopic (exact) mass is 369 g/mol. The van der Waals surface area contributed by atoms with Crippen LogP contribution in [0.1, 0.15) is 5.56 Å². The first-order valence-electron chi connectivity index (χ1n) is 8.45. The summed E-state index contributed by atoms with van der Waals surface area (Å²) in [5, 5.41) is 6.00. The molecular weight excluding hydrogens is 350 g/mol. The number of rotatable bonds is 6. The number of aromatic nitrogens is 2. The number of furan rings is 1. The van der Waals surface area contributed by atoms with Gasteiger partial charge in [0.25, 0.3) is 0 Å². The lowest BCUT2D eigenvalue weighted by Crippen LogP contribution is -2.32. The Labute approximate surface area is 155 Å². The molecule has 4 rings (SSSR count). The number of hydrogen-bond donors (Lipinski definition) is 2. The van der Waals surface area contributed by atoms with E-state index in [0.717, 1.165) is 33.3 Å². The highest BCUT2D eigenvalue weighted by molar-refractivity contribution is 7.18. The molecule has 0 aliphatic carbocycles. The van der Waals surface area contributed by atoms with E-state index in [1.165, 1.54) is 0 Å². The van der Waals surface area contributed by atoms with Crippen LogP contribution in [0.25, 0.3) is 21.2 Å². The Bertz CT molecular complexity index is 906. The predicted molar refractivity (Wildman–Crippen MR) is 101 cm³/mol. The van der Waals surface area contributed by atoms with Gasteiger partial charge in [0.05, 0.1) is 21.7 Å². The number of carbonyl (C=O) groups excluding carboxylic acids is 1. The predicted octanol–water partition coefficient (Wildman–Crippen LogP) is 3.21. The number of urea groups is 1. The maximum atomic E-state index is 11.5. The highest BCUT2D eigenvalue weighted by atomic mass is 32.1. The third kappa shape index (κ3) is 3.41. The number of amides is 2. The maximum absolute atomic E-state index is 11.5. The summed E-state index contributed by atoms with van der Waals surface area (Å²) in [5.41, 5.74) is 1.92. The van der Waals surface area contributed by atoms with E-state index >= 15 is 0 Å². The SMILES string of the molecule is Cc1cnc(NCCN2CCNC2=O)nc1-c1ccc(-c2ccco2)s1. The maximum Gasteiger partial charge on any atom is 0.317 e. The molecular formula is C18H19N5O2S. The standard InChI is InChI=1S/C18H19N5O2S/c1-12-11-21-17(19-6-8-23-9-7-20-18(23)24)22-16(12)15-5-4-14(26-15)13-3-2-10-25-13/h2-5,10-11H,6-9H2,1H3,(H,20,24)(H,19,21,22). The van der Waals surface area contributed by atoms with E-state index in [0.29, 0.717) is 25.6 Å². The molecule has 2 amide bonds. The molecule has 1 saturated heterocycles. The minimum atomic E-state index is -0.0126. The number of thiophene rings is 1. The van der Waals surface area contributed by atoms with Crippen molar-refractivity contribution >= 4 is 23.3 Å². The summed E-state index contributed by atoms with van der Waals surface area (Å²) in [5.74, 6) is 1.42. The van der Waals surface area contributed by atoms with E-state index < -0.39 is 0 Å². The lowest BCUT2D eigenvalue weighted by atomic mass is 10.2. The quantitative estimate of drug-likeness (QED) is 0.697. The van der Waals surface area contributed by atoms with Crippen molar-refractivity contribution in [2.75, 3.05) is 31.5 Å². The molecule has 7 nitrogen and oxygen atoms in total.